The molecule has 0 aliphatic heterocycles. The van der Waals surface area contributed by atoms with Crippen LogP contribution < -0.4 is 0 Å². The van der Waals surface area contributed by atoms with Crippen molar-refractivity contribution in [2.75, 3.05) is 0 Å². The molecule has 0 spiro atoms. The van der Waals surface area contributed by atoms with Gasteiger partial charge in [0.05, 0.1) is 0 Å². The number of hydrogen-bond acceptors (Lipinski definition) is 1. The molecule has 1 aliphatic carbocycles. The topological polar surface area (TPSA) is 22.0 Å². The van der Waals surface area contributed by atoms with Crippen molar-refractivity contribution in [3.63, 3.8) is 0 Å². The van der Waals surface area contributed by atoms with Crippen LogP contribution in [0.3, 0.4) is 0 Å². The van der Waals surface area contributed by atoms with Crippen molar-refractivity contribution >= 4 is 5.78 Å². The molecular formula is C18H21NO. The van der Waals surface area contributed by atoms with Crippen molar-refractivity contribution in [1.29, 1.82) is 0 Å². The number of ketones is 1. The molecule has 104 valence electrons. The van der Waals surface area contributed by atoms with E-state index in [-0.39, 0.29) is 0 Å². The third kappa shape index (κ3) is 2.31. The number of carbonyl (C=O) groups excluding carboxylic acids is 1. The number of carbonyl (C=O) groups is 1. The smallest absolute Gasteiger partial charge is 0.164 e. The fourth-order valence-corrected chi connectivity index (χ4v) is 3.31. The first-order chi connectivity index (χ1) is 9.54. The van der Waals surface area contributed by atoms with E-state index in [1.54, 1.807) is 0 Å². The molecule has 0 radical (unpaired) electrons. The Labute approximate surface area is 120 Å². The average Bonchev–Trinajstić information content (AvgIpc) is 2.78. The lowest BCUT2D eigenvalue weighted by atomic mass is 9.95. The number of rotatable bonds is 2. The van der Waals surface area contributed by atoms with E-state index < -0.39 is 0 Å². The summed E-state index contributed by atoms with van der Waals surface area (Å²) in [5.74, 6) is 0.308. The standard InChI is InChI=1S/C18H21NO/c1-12-7-13(2)16(14(3)8-12)10-19-9-15-5-4-6-18(20)17(15)11-19/h7-9,11H,4-6,10H2,1-3H3. The van der Waals surface area contributed by atoms with Crippen molar-refractivity contribution in [2.45, 2.75) is 46.6 Å². The molecule has 3 rings (SSSR count). The van der Waals surface area contributed by atoms with E-state index >= 15 is 0 Å². The summed E-state index contributed by atoms with van der Waals surface area (Å²) in [6.07, 6.45) is 6.94. The molecular weight excluding hydrogens is 246 g/mol. The Morgan fingerprint density at radius 2 is 1.75 bits per heavy atom. The predicted molar refractivity (Wildman–Crippen MR) is 81.5 cm³/mol. The molecule has 0 saturated heterocycles. The molecule has 0 amide bonds. The fourth-order valence-electron chi connectivity index (χ4n) is 3.31. The van der Waals surface area contributed by atoms with Crippen LogP contribution in [-0.4, -0.2) is 10.4 Å². The molecule has 2 nitrogen and oxygen atoms in total. The lowest BCUT2D eigenvalue weighted by molar-refractivity contribution is 0.0973. The third-order valence-corrected chi connectivity index (χ3v) is 4.29. The van der Waals surface area contributed by atoms with E-state index in [2.05, 4.69) is 43.7 Å². The van der Waals surface area contributed by atoms with Crippen LogP contribution in [0.25, 0.3) is 0 Å². The second kappa shape index (κ2) is 4.93. The maximum atomic E-state index is 11.9. The van der Waals surface area contributed by atoms with Crippen molar-refractivity contribution in [3.05, 3.63) is 57.9 Å². The van der Waals surface area contributed by atoms with Crippen LogP contribution in [0, 0.1) is 20.8 Å². The molecule has 1 aliphatic rings. The zero-order chi connectivity index (χ0) is 14.3. The van der Waals surface area contributed by atoms with Crippen molar-refractivity contribution in [2.24, 2.45) is 0 Å². The summed E-state index contributed by atoms with van der Waals surface area (Å²) in [6.45, 7) is 7.34. The molecule has 0 unspecified atom stereocenters. The highest BCUT2D eigenvalue weighted by Crippen LogP contribution is 2.24. The largest absolute Gasteiger partial charge is 0.349 e. The van der Waals surface area contributed by atoms with Crippen molar-refractivity contribution in [3.8, 4) is 0 Å². The van der Waals surface area contributed by atoms with Crippen LogP contribution in [0.5, 0.6) is 0 Å². The molecule has 0 N–H and O–H groups in total. The van der Waals surface area contributed by atoms with Gasteiger partial charge in [-0.3, -0.25) is 4.79 Å². The maximum absolute atomic E-state index is 11.9. The molecule has 2 heteroatoms. The summed E-state index contributed by atoms with van der Waals surface area (Å²) in [6, 6.07) is 4.47. The van der Waals surface area contributed by atoms with Gasteiger partial charge in [-0.2, -0.15) is 0 Å². The number of aryl methyl sites for hydroxylation is 4. The number of hydrogen-bond donors (Lipinski definition) is 0. The zero-order valence-electron chi connectivity index (χ0n) is 12.5. The Kier molecular flexibility index (Phi) is 3.25. The number of Topliss-reactive ketones (excluding diaryl/α,β-unsaturated/α-hetero) is 1. The molecule has 2 aromatic rings. The minimum Gasteiger partial charge on any atom is -0.349 e. The molecule has 0 fully saturated rings. The number of nitrogens with zero attached hydrogens (tertiary/aromatic N) is 1. The summed E-state index contributed by atoms with van der Waals surface area (Å²) in [5.41, 5.74) is 7.52. The Bertz CT molecular complexity index is 656. The fraction of sp³-hybridized carbons (Fsp3) is 0.389. The van der Waals surface area contributed by atoms with Crippen LogP contribution in [0.15, 0.2) is 24.5 Å². The highest BCUT2D eigenvalue weighted by Gasteiger charge is 2.19. The van der Waals surface area contributed by atoms with Gasteiger partial charge in [0.25, 0.3) is 0 Å². The molecule has 0 saturated carbocycles. The molecule has 20 heavy (non-hydrogen) atoms. The van der Waals surface area contributed by atoms with Crippen LogP contribution in [0.2, 0.25) is 0 Å². The molecule has 0 atom stereocenters. The first-order valence-electron chi connectivity index (χ1n) is 7.33. The summed E-state index contributed by atoms with van der Waals surface area (Å²) in [7, 11) is 0. The van der Waals surface area contributed by atoms with Gasteiger partial charge in [-0.1, -0.05) is 17.7 Å². The van der Waals surface area contributed by atoms with Crippen LogP contribution in [-0.2, 0) is 13.0 Å². The van der Waals surface area contributed by atoms with Gasteiger partial charge in [-0.15, -0.1) is 0 Å². The summed E-state index contributed by atoms with van der Waals surface area (Å²) >= 11 is 0. The van der Waals surface area contributed by atoms with E-state index in [9.17, 15) is 4.79 Å². The van der Waals surface area contributed by atoms with E-state index in [1.807, 2.05) is 6.20 Å². The second-order valence-electron chi connectivity index (χ2n) is 6.02. The summed E-state index contributed by atoms with van der Waals surface area (Å²) < 4.78 is 2.18. The summed E-state index contributed by atoms with van der Waals surface area (Å²) in [5, 5.41) is 0. The molecule has 1 aromatic heterocycles. The Balaban J connectivity index is 1.94. The van der Waals surface area contributed by atoms with E-state index in [4.69, 9.17) is 0 Å². The Morgan fingerprint density at radius 3 is 2.40 bits per heavy atom. The van der Waals surface area contributed by atoms with Crippen LogP contribution >= 0.6 is 0 Å². The third-order valence-electron chi connectivity index (χ3n) is 4.29. The summed E-state index contributed by atoms with van der Waals surface area (Å²) in [4.78, 5) is 11.9. The quantitative estimate of drug-likeness (QED) is 0.806. The highest BCUT2D eigenvalue weighted by atomic mass is 16.1. The van der Waals surface area contributed by atoms with Gasteiger partial charge in [0, 0.05) is 30.9 Å². The van der Waals surface area contributed by atoms with E-state index in [0.29, 0.717) is 12.2 Å². The minimum atomic E-state index is 0.308. The van der Waals surface area contributed by atoms with Gasteiger partial charge in [0.1, 0.15) is 0 Å². The SMILES string of the molecule is Cc1cc(C)c(Cn2cc3c(c2)C(=O)CCC3)c(C)c1. The normalized spacial score (nSPS) is 14.4. The number of aromatic nitrogens is 1. The van der Waals surface area contributed by atoms with Gasteiger partial charge < -0.3 is 4.57 Å². The second-order valence-corrected chi connectivity index (χ2v) is 6.02. The molecule has 0 bridgehead atoms. The van der Waals surface area contributed by atoms with Crippen molar-refractivity contribution in [1.82, 2.24) is 4.57 Å². The van der Waals surface area contributed by atoms with Gasteiger partial charge in [0.15, 0.2) is 5.78 Å². The lowest BCUT2D eigenvalue weighted by Crippen LogP contribution is -2.07. The highest BCUT2D eigenvalue weighted by molar-refractivity contribution is 5.98. The van der Waals surface area contributed by atoms with E-state index in [0.717, 1.165) is 24.9 Å². The van der Waals surface area contributed by atoms with Gasteiger partial charge in [-0.05, 0) is 55.9 Å². The molecule has 1 heterocycles. The zero-order valence-corrected chi connectivity index (χ0v) is 12.5. The first kappa shape index (κ1) is 13.2. The van der Waals surface area contributed by atoms with E-state index in [1.165, 1.54) is 27.8 Å². The number of benzene rings is 1. The van der Waals surface area contributed by atoms with Gasteiger partial charge in [0.2, 0.25) is 0 Å². The van der Waals surface area contributed by atoms with Crippen LogP contribution in [0.1, 0.15) is 51.0 Å². The van der Waals surface area contributed by atoms with Gasteiger partial charge in [-0.25, -0.2) is 0 Å². The van der Waals surface area contributed by atoms with Crippen LogP contribution in [0.4, 0.5) is 0 Å². The maximum Gasteiger partial charge on any atom is 0.164 e. The van der Waals surface area contributed by atoms with Gasteiger partial charge >= 0.3 is 0 Å². The number of fused-ring (bicyclic) bond motifs is 1. The minimum absolute atomic E-state index is 0.308. The first-order valence-corrected chi connectivity index (χ1v) is 7.33. The average molecular weight is 267 g/mol. The molecule has 1 aromatic carbocycles. The monoisotopic (exact) mass is 267 g/mol. The van der Waals surface area contributed by atoms with Crippen molar-refractivity contribution < 1.29 is 4.79 Å². The predicted octanol–water partition coefficient (Wildman–Crippen LogP) is 3.98. The Hall–Kier alpha value is -1.83. The Morgan fingerprint density at radius 1 is 1.05 bits per heavy atom. The lowest BCUT2D eigenvalue weighted by Gasteiger charge is -2.12.